The quantitative estimate of drug-likeness (QED) is 0.633. The number of halogens is 4. The van der Waals surface area contributed by atoms with Gasteiger partial charge in [0.1, 0.15) is 5.82 Å². The molecule has 5 heteroatoms. The minimum absolute atomic E-state index is 0.210. The monoisotopic (exact) mass is 271 g/mol. The van der Waals surface area contributed by atoms with Gasteiger partial charge in [0.2, 0.25) is 0 Å². The van der Waals surface area contributed by atoms with Gasteiger partial charge in [-0.15, -0.1) is 0 Å². The summed E-state index contributed by atoms with van der Waals surface area (Å²) in [6.07, 6.45) is -3.40. The van der Waals surface area contributed by atoms with Gasteiger partial charge in [-0.25, -0.2) is 4.39 Å². The zero-order valence-corrected chi connectivity index (χ0v) is 10.8. The first kappa shape index (κ1) is 13.8. The molecule has 2 aromatic rings. The number of hydrogen-bond donors (Lipinski definition) is 0. The van der Waals surface area contributed by atoms with Crippen LogP contribution in [0.15, 0.2) is 24.4 Å². The van der Waals surface area contributed by atoms with Crippen LogP contribution < -0.4 is 0 Å². The summed E-state index contributed by atoms with van der Waals surface area (Å²) < 4.78 is 52.1. The molecule has 0 spiro atoms. The van der Waals surface area contributed by atoms with Crippen LogP contribution in [-0.4, -0.2) is 4.98 Å². The highest BCUT2D eigenvalue weighted by molar-refractivity contribution is 5.84. The van der Waals surface area contributed by atoms with Crippen molar-refractivity contribution in [1.82, 2.24) is 4.98 Å². The molecule has 0 N–H and O–H groups in total. The summed E-state index contributed by atoms with van der Waals surface area (Å²) in [6.45, 7) is 5.27. The third kappa shape index (κ3) is 2.55. The second-order valence-corrected chi connectivity index (χ2v) is 5.46. The first-order valence-electron chi connectivity index (χ1n) is 5.76. The molecule has 0 unspecified atom stereocenters. The summed E-state index contributed by atoms with van der Waals surface area (Å²) in [6, 6.07) is 3.19. The van der Waals surface area contributed by atoms with Crippen LogP contribution in [0.2, 0.25) is 0 Å². The predicted molar refractivity (Wildman–Crippen MR) is 65.4 cm³/mol. The molecule has 1 nitrogen and oxygen atoms in total. The van der Waals surface area contributed by atoms with E-state index in [4.69, 9.17) is 0 Å². The minimum Gasteiger partial charge on any atom is -0.253 e. The summed E-state index contributed by atoms with van der Waals surface area (Å²) in [5.74, 6) is -0.584. The fraction of sp³-hybridized carbons (Fsp3) is 0.357. The molecule has 102 valence electrons. The molecule has 2 rings (SSSR count). The molecule has 0 fully saturated rings. The number of nitrogens with zero attached hydrogens (tertiary/aromatic N) is 1. The highest BCUT2D eigenvalue weighted by Crippen LogP contribution is 2.35. The summed E-state index contributed by atoms with van der Waals surface area (Å²) in [4.78, 5) is 3.84. The van der Waals surface area contributed by atoms with Crippen molar-refractivity contribution < 1.29 is 17.6 Å². The van der Waals surface area contributed by atoms with Gasteiger partial charge in [-0.3, -0.25) is 4.98 Å². The van der Waals surface area contributed by atoms with Gasteiger partial charge in [0.05, 0.1) is 17.3 Å². The largest absolute Gasteiger partial charge is 0.416 e. The molecule has 1 heterocycles. The Labute approximate surface area is 108 Å². The van der Waals surface area contributed by atoms with Crippen molar-refractivity contribution in [3.63, 3.8) is 0 Å². The van der Waals surface area contributed by atoms with Gasteiger partial charge in [-0.2, -0.15) is 13.2 Å². The van der Waals surface area contributed by atoms with E-state index in [0.29, 0.717) is 5.52 Å². The summed E-state index contributed by atoms with van der Waals surface area (Å²) in [5, 5.41) is 0.210. The number of fused-ring (bicyclic) bond motifs is 1. The topological polar surface area (TPSA) is 12.9 Å². The van der Waals surface area contributed by atoms with E-state index in [-0.39, 0.29) is 10.9 Å². The maximum absolute atomic E-state index is 13.9. The van der Waals surface area contributed by atoms with Gasteiger partial charge in [-0.1, -0.05) is 20.8 Å². The van der Waals surface area contributed by atoms with E-state index in [1.165, 1.54) is 6.07 Å². The molecule has 0 aliphatic carbocycles. The molecule has 1 aromatic heterocycles. The van der Waals surface area contributed by atoms with Gasteiger partial charge in [0, 0.05) is 10.9 Å². The van der Waals surface area contributed by atoms with Gasteiger partial charge in [0.15, 0.2) is 0 Å². The van der Waals surface area contributed by atoms with Crippen molar-refractivity contribution in [2.75, 3.05) is 0 Å². The Bertz CT molecular complexity index is 624. The maximum Gasteiger partial charge on any atom is 0.416 e. The van der Waals surface area contributed by atoms with Crippen LogP contribution in [0.25, 0.3) is 10.9 Å². The van der Waals surface area contributed by atoms with Crippen LogP contribution in [-0.2, 0) is 11.6 Å². The molecule has 0 aliphatic heterocycles. The van der Waals surface area contributed by atoms with Crippen molar-refractivity contribution in [3.8, 4) is 0 Å². The maximum atomic E-state index is 13.9. The zero-order chi connectivity index (χ0) is 14.4. The summed E-state index contributed by atoms with van der Waals surface area (Å²) in [5.41, 5.74) is -0.781. The molecule has 0 saturated carbocycles. The smallest absolute Gasteiger partial charge is 0.253 e. The van der Waals surface area contributed by atoms with Gasteiger partial charge in [-0.05, 0) is 23.6 Å². The lowest BCUT2D eigenvalue weighted by Gasteiger charge is -2.22. The summed E-state index contributed by atoms with van der Waals surface area (Å²) in [7, 11) is 0. The third-order valence-corrected chi connectivity index (χ3v) is 2.90. The van der Waals surface area contributed by atoms with E-state index in [0.717, 1.165) is 18.3 Å². The lowest BCUT2D eigenvalue weighted by atomic mass is 9.84. The number of aromatic nitrogens is 1. The number of pyridine rings is 1. The minimum atomic E-state index is -4.45. The van der Waals surface area contributed by atoms with Gasteiger partial charge < -0.3 is 0 Å². The number of alkyl halides is 3. The second-order valence-electron chi connectivity index (χ2n) is 5.46. The molecule has 19 heavy (non-hydrogen) atoms. The molecule has 0 bridgehead atoms. The molecule has 0 atom stereocenters. The van der Waals surface area contributed by atoms with Crippen LogP contribution in [0, 0.1) is 5.82 Å². The van der Waals surface area contributed by atoms with Crippen molar-refractivity contribution in [3.05, 3.63) is 41.3 Å². The number of benzene rings is 1. The van der Waals surface area contributed by atoms with E-state index in [1.807, 2.05) is 0 Å². The van der Waals surface area contributed by atoms with Crippen LogP contribution in [0.4, 0.5) is 17.6 Å². The highest BCUT2D eigenvalue weighted by atomic mass is 19.4. The Morgan fingerprint density at radius 3 is 2.21 bits per heavy atom. The van der Waals surface area contributed by atoms with Crippen molar-refractivity contribution in [2.24, 2.45) is 0 Å². The molecule has 0 saturated heterocycles. The van der Waals surface area contributed by atoms with E-state index >= 15 is 0 Å². The van der Waals surface area contributed by atoms with E-state index in [9.17, 15) is 17.6 Å². The van der Waals surface area contributed by atoms with Crippen LogP contribution in [0.1, 0.15) is 31.9 Å². The Kier molecular flexibility index (Phi) is 3.03. The SMILES string of the molecule is CC(C)(C)c1c(F)cnc2ccc(C(F)(F)F)cc12. The number of hydrogen-bond acceptors (Lipinski definition) is 1. The fourth-order valence-electron chi connectivity index (χ4n) is 2.11. The molecule has 0 amide bonds. The van der Waals surface area contributed by atoms with E-state index in [2.05, 4.69) is 4.98 Å². The lowest BCUT2D eigenvalue weighted by Crippen LogP contribution is -2.15. The molecule has 0 radical (unpaired) electrons. The average Bonchev–Trinajstić information content (AvgIpc) is 2.24. The molecular formula is C14H13F4N. The van der Waals surface area contributed by atoms with Crippen LogP contribution in [0.3, 0.4) is 0 Å². The fourth-order valence-corrected chi connectivity index (χ4v) is 2.11. The number of rotatable bonds is 0. The Balaban J connectivity index is 2.83. The van der Waals surface area contributed by atoms with E-state index < -0.39 is 23.0 Å². The lowest BCUT2D eigenvalue weighted by molar-refractivity contribution is -0.137. The first-order valence-corrected chi connectivity index (χ1v) is 5.76. The molecule has 1 aromatic carbocycles. The van der Waals surface area contributed by atoms with Gasteiger partial charge >= 0.3 is 6.18 Å². The van der Waals surface area contributed by atoms with Crippen molar-refractivity contribution >= 4 is 10.9 Å². The van der Waals surface area contributed by atoms with E-state index in [1.54, 1.807) is 20.8 Å². The van der Waals surface area contributed by atoms with Crippen molar-refractivity contribution in [2.45, 2.75) is 32.4 Å². The highest BCUT2D eigenvalue weighted by Gasteiger charge is 2.31. The average molecular weight is 271 g/mol. The van der Waals surface area contributed by atoms with Crippen LogP contribution >= 0.6 is 0 Å². The predicted octanol–water partition coefficient (Wildman–Crippen LogP) is 4.69. The Hall–Kier alpha value is -1.65. The van der Waals surface area contributed by atoms with Gasteiger partial charge in [0.25, 0.3) is 0 Å². The molecular weight excluding hydrogens is 258 g/mol. The van der Waals surface area contributed by atoms with Crippen molar-refractivity contribution in [1.29, 1.82) is 0 Å². The Morgan fingerprint density at radius 2 is 1.68 bits per heavy atom. The zero-order valence-electron chi connectivity index (χ0n) is 10.8. The second kappa shape index (κ2) is 4.18. The standard InChI is InChI=1S/C14H13F4N/c1-13(2,3)12-9-6-8(14(16,17)18)4-5-11(9)19-7-10(12)15/h4-7H,1-3H3. The normalized spacial score (nSPS) is 13.0. The molecule has 0 aliphatic rings. The third-order valence-electron chi connectivity index (χ3n) is 2.90. The first-order chi connectivity index (χ1) is 8.60. The summed E-state index contributed by atoms with van der Waals surface area (Å²) >= 11 is 0. The van der Waals surface area contributed by atoms with Crippen LogP contribution in [0.5, 0.6) is 0 Å². The Morgan fingerprint density at radius 1 is 1.05 bits per heavy atom.